The number of hydrogen-bond donors (Lipinski definition) is 1. The molecule has 1 fully saturated rings. The lowest BCUT2D eigenvalue weighted by atomic mass is 9.81. The topological polar surface area (TPSA) is 38.5 Å². The summed E-state index contributed by atoms with van der Waals surface area (Å²) in [5.41, 5.74) is 0.951. The Kier molecular flexibility index (Phi) is 6.30. The second-order valence-corrected chi connectivity index (χ2v) is 7.94. The Bertz CT molecular complexity index is 993. The van der Waals surface area contributed by atoms with Crippen LogP contribution in [0.4, 0.5) is 13.2 Å². The third kappa shape index (κ3) is 5.09. The molecule has 0 unspecified atom stereocenters. The van der Waals surface area contributed by atoms with Crippen LogP contribution >= 0.6 is 0 Å². The van der Waals surface area contributed by atoms with Gasteiger partial charge in [-0.1, -0.05) is 48.5 Å². The van der Waals surface area contributed by atoms with Crippen LogP contribution < -0.4 is 10.6 Å². The predicted molar refractivity (Wildman–Crippen MR) is 114 cm³/mol. The molecule has 1 heterocycles. The maximum absolute atomic E-state index is 13.4. The van der Waals surface area contributed by atoms with Crippen molar-refractivity contribution in [2.24, 2.45) is 11.8 Å². The largest absolute Gasteiger partial charge is 0.457 e. The molecule has 162 valence electrons. The van der Waals surface area contributed by atoms with Crippen LogP contribution in [0.5, 0.6) is 11.5 Å². The molecule has 0 radical (unpaired) electrons. The molecule has 31 heavy (non-hydrogen) atoms. The fourth-order valence-electron chi connectivity index (χ4n) is 4.34. The van der Waals surface area contributed by atoms with Crippen LogP contribution in [0.15, 0.2) is 78.9 Å². The van der Waals surface area contributed by atoms with Gasteiger partial charge in [-0.3, -0.25) is 5.84 Å². The van der Waals surface area contributed by atoms with Gasteiger partial charge >= 0.3 is 6.18 Å². The summed E-state index contributed by atoms with van der Waals surface area (Å²) in [5.74, 6) is 7.44. The summed E-state index contributed by atoms with van der Waals surface area (Å²) in [6.45, 7) is 0.756. The number of nitrogens with two attached hydrogens (primary N) is 1. The Labute approximate surface area is 180 Å². The number of nitrogens with zero attached hydrogens (tertiary/aromatic N) is 1. The van der Waals surface area contributed by atoms with Crippen molar-refractivity contribution in [3.63, 3.8) is 0 Å². The molecule has 3 aromatic rings. The van der Waals surface area contributed by atoms with Gasteiger partial charge < -0.3 is 4.74 Å². The Morgan fingerprint density at radius 1 is 0.935 bits per heavy atom. The monoisotopic (exact) mass is 426 g/mol. The lowest BCUT2D eigenvalue weighted by Crippen LogP contribution is -2.44. The Morgan fingerprint density at radius 2 is 1.61 bits per heavy atom. The molecule has 0 aromatic heterocycles. The molecule has 0 spiro atoms. The molecule has 1 aliphatic rings. The average Bonchev–Trinajstić information content (AvgIpc) is 2.76. The van der Waals surface area contributed by atoms with Crippen molar-refractivity contribution in [2.45, 2.75) is 31.5 Å². The number of piperidine rings is 1. The molecule has 4 rings (SSSR count). The first-order valence-electron chi connectivity index (χ1n) is 10.4. The highest BCUT2D eigenvalue weighted by molar-refractivity contribution is 5.42. The van der Waals surface area contributed by atoms with Gasteiger partial charge in [0.1, 0.15) is 11.5 Å². The van der Waals surface area contributed by atoms with Gasteiger partial charge in [0.25, 0.3) is 0 Å². The summed E-state index contributed by atoms with van der Waals surface area (Å²) in [6.07, 6.45) is -2.18. The van der Waals surface area contributed by atoms with Crippen LogP contribution in [-0.4, -0.2) is 11.6 Å². The van der Waals surface area contributed by atoms with E-state index in [2.05, 4.69) is 0 Å². The van der Waals surface area contributed by atoms with Crippen molar-refractivity contribution in [1.29, 1.82) is 0 Å². The second-order valence-electron chi connectivity index (χ2n) is 7.94. The highest BCUT2D eigenvalue weighted by Gasteiger charge is 2.34. The molecule has 6 heteroatoms. The van der Waals surface area contributed by atoms with Crippen LogP contribution in [-0.2, 0) is 12.6 Å². The predicted octanol–water partition coefficient (Wildman–Crippen LogP) is 6.37. The highest BCUT2D eigenvalue weighted by atomic mass is 19.4. The molecule has 2 atom stereocenters. The number of alkyl halides is 3. The standard InChI is InChI=1S/C25H25F3N2O/c26-25(27,28)21-13-14-23(31-22-11-5-2-6-12-22)20(17-21)16-19-10-7-15-30(29)24(19)18-8-3-1-4-9-18/h1-6,8-9,11-14,17,19,24H,7,10,15-16,29H2/t19-,24+/m0/s1. The number of halogens is 3. The van der Waals surface area contributed by atoms with Crippen LogP contribution in [0.1, 0.15) is 35.6 Å². The molecule has 0 saturated carbocycles. The van der Waals surface area contributed by atoms with E-state index in [1.165, 1.54) is 12.1 Å². The number of hydrogen-bond acceptors (Lipinski definition) is 3. The minimum absolute atomic E-state index is 0.0610. The van der Waals surface area contributed by atoms with E-state index in [9.17, 15) is 13.2 Å². The molecule has 3 nitrogen and oxygen atoms in total. The van der Waals surface area contributed by atoms with Crippen molar-refractivity contribution in [1.82, 2.24) is 5.01 Å². The highest BCUT2D eigenvalue weighted by Crippen LogP contribution is 2.40. The average molecular weight is 426 g/mol. The first kappa shape index (κ1) is 21.4. The van der Waals surface area contributed by atoms with E-state index in [1.54, 1.807) is 12.1 Å². The fraction of sp³-hybridized carbons (Fsp3) is 0.280. The molecular formula is C25H25F3N2O. The van der Waals surface area contributed by atoms with E-state index in [0.717, 1.165) is 31.0 Å². The smallest absolute Gasteiger partial charge is 0.416 e. The number of para-hydroxylation sites is 1. The van der Waals surface area contributed by atoms with Crippen LogP contribution in [0.3, 0.4) is 0 Å². The Balaban J connectivity index is 1.69. The summed E-state index contributed by atoms with van der Waals surface area (Å²) in [7, 11) is 0. The van der Waals surface area contributed by atoms with Gasteiger partial charge in [-0.15, -0.1) is 0 Å². The molecule has 0 amide bonds. The first-order chi connectivity index (χ1) is 14.9. The molecule has 1 aliphatic heterocycles. The van der Waals surface area contributed by atoms with E-state index >= 15 is 0 Å². The van der Waals surface area contributed by atoms with Crippen molar-refractivity contribution in [2.75, 3.05) is 6.54 Å². The molecule has 1 saturated heterocycles. The van der Waals surface area contributed by atoms with Gasteiger partial charge in [0, 0.05) is 6.54 Å². The summed E-state index contributed by atoms with van der Waals surface area (Å²) < 4.78 is 46.3. The first-order valence-corrected chi connectivity index (χ1v) is 10.4. The third-order valence-corrected chi connectivity index (χ3v) is 5.78. The zero-order valence-corrected chi connectivity index (χ0v) is 17.1. The number of hydrazine groups is 1. The van der Waals surface area contributed by atoms with Gasteiger partial charge in [-0.05, 0) is 66.6 Å². The van der Waals surface area contributed by atoms with E-state index in [-0.39, 0.29) is 12.0 Å². The van der Waals surface area contributed by atoms with Crippen LogP contribution in [0, 0.1) is 5.92 Å². The van der Waals surface area contributed by atoms with Gasteiger partial charge in [0.15, 0.2) is 0 Å². The van der Waals surface area contributed by atoms with Crippen molar-refractivity contribution < 1.29 is 17.9 Å². The molecule has 0 aliphatic carbocycles. The zero-order chi connectivity index (χ0) is 21.8. The summed E-state index contributed by atoms with van der Waals surface area (Å²) in [4.78, 5) is 0. The van der Waals surface area contributed by atoms with Gasteiger partial charge in [-0.25, -0.2) is 5.01 Å². The van der Waals surface area contributed by atoms with Crippen molar-refractivity contribution >= 4 is 0 Å². The SMILES string of the molecule is NN1CCC[C@@H](Cc2cc(C(F)(F)F)ccc2Oc2ccccc2)[C@H]1c1ccccc1. The van der Waals surface area contributed by atoms with Gasteiger partial charge in [0.05, 0.1) is 11.6 Å². The number of rotatable bonds is 5. The number of ether oxygens (including phenoxy) is 1. The Morgan fingerprint density at radius 3 is 2.29 bits per heavy atom. The van der Waals surface area contributed by atoms with Crippen molar-refractivity contribution in [3.8, 4) is 11.5 Å². The fourth-order valence-corrected chi connectivity index (χ4v) is 4.34. The van der Waals surface area contributed by atoms with E-state index in [4.69, 9.17) is 10.6 Å². The lowest BCUT2D eigenvalue weighted by molar-refractivity contribution is -0.137. The second kappa shape index (κ2) is 9.12. The molecule has 0 bridgehead atoms. The van der Waals surface area contributed by atoms with Gasteiger partial charge in [-0.2, -0.15) is 13.2 Å². The minimum atomic E-state index is -4.41. The lowest BCUT2D eigenvalue weighted by Gasteiger charge is -2.39. The normalized spacial score (nSPS) is 19.9. The maximum Gasteiger partial charge on any atom is 0.416 e. The molecule has 2 N–H and O–H groups in total. The summed E-state index contributed by atoms with van der Waals surface area (Å²) in [5, 5.41) is 1.81. The minimum Gasteiger partial charge on any atom is -0.457 e. The summed E-state index contributed by atoms with van der Waals surface area (Å²) in [6, 6.07) is 22.7. The van der Waals surface area contributed by atoms with Crippen LogP contribution in [0.25, 0.3) is 0 Å². The maximum atomic E-state index is 13.4. The zero-order valence-electron chi connectivity index (χ0n) is 17.1. The summed E-state index contributed by atoms with van der Waals surface area (Å²) >= 11 is 0. The van der Waals surface area contributed by atoms with E-state index in [0.29, 0.717) is 23.5 Å². The van der Waals surface area contributed by atoms with Crippen molar-refractivity contribution in [3.05, 3.63) is 95.6 Å². The third-order valence-electron chi connectivity index (χ3n) is 5.78. The molecule has 3 aromatic carbocycles. The number of benzene rings is 3. The van der Waals surface area contributed by atoms with E-state index in [1.807, 2.05) is 53.5 Å². The molecular weight excluding hydrogens is 401 g/mol. The van der Waals surface area contributed by atoms with Crippen LogP contribution in [0.2, 0.25) is 0 Å². The Hall–Kier alpha value is -2.83. The quantitative estimate of drug-likeness (QED) is 0.482. The van der Waals surface area contributed by atoms with E-state index < -0.39 is 11.7 Å². The van der Waals surface area contributed by atoms with Gasteiger partial charge in [0.2, 0.25) is 0 Å².